The first-order valence-electron chi connectivity index (χ1n) is 28.8. The molecule has 426 valence electrons. The van der Waals surface area contributed by atoms with E-state index in [1.807, 2.05) is 19.1 Å². The molecule has 0 spiro atoms. The van der Waals surface area contributed by atoms with Crippen molar-refractivity contribution in [3.8, 4) is 0 Å². The number of rotatable bonds is 44. The first-order valence-corrected chi connectivity index (χ1v) is 28.8. The predicted molar refractivity (Wildman–Crippen MR) is 295 cm³/mol. The van der Waals surface area contributed by atoms with E-state index in [0.29, 0.717) is 12.8 Å². The SMILES string of the molecule is C/C=C/CC/C=C/CC/C=C/C(O)C(COC1OC(CO)C(OC2OC(CO)C(O)C(O)C2O)C(O)C1O)NC(=O)CCCCCCCCCCCCCCCCCCCC/C=C\C/C=C\C/C=C\C/C=C\CC. The number of aliphatic hydroxyl groups excluding tert-OH is 8. The predicted octanol–water partition coefficient (Wildman–Crippen LogP) is 9.33. The number of hydrogen-bond acceptors (Lipinski definition) is 13. The highest BCUT2D eigenvalue weighted by Gasteiger charge is 2.51. The normalized spacial score (nSPS) is 25.9. The second-order valence-corrected chi connectivity index (χ2v) is 20.0. The van der Waals surface area contributed by atoms with Crippen LogP contribution in [0.5, 0.6) is 0 Å². The second-order valence-electron chi connectivity index (χ2n) is 20.0. The molecule has 0 aromatic rings. The summed E-state index contributed by atoms with van der Waals surface area (Å²) in [6, 6.07) is -0.938. The molecule has 2 saturated heterocycles. The van der Waals surface area contributed by atoms with Crippen molar-refractivity contribution < 1.29 is 64.6 Å². The molecule has 0 aromatic carbocycles. The van der Waals surface area contributed by atoms with Gasteiger partial charge >= 0.3 is 0 Å². The number of unbranched alkanes of at least 4 members (excludes halogenated alkanes) is 20. The maximum absolute atomic E-state index is 13.2. The molecule has 0 radical (unpaired) electrons. The van der Waals surface area contributed by atoms with Crippen LogP contribution < -0.4 is 5.32 Å². The van der Waals surface area contributed by atoms with Gasteiger partial charge in [-0.05, 0) is 77.6 Å². The van der Waals surface area contributed by atoms with E-state index < -0.39 is 86.8 Å². The monoisotopic (exact) mass is 1050 g/mol. The van der Waals surface area contributed by atoms with Gasteiger partial charge in [0, 0.05) is 6.42 Å². The van der Waals surface area contributed by atoms with Gasteiger partial charge in [-0.2, -0.15) is 0 Å². The molecule has 0 aromatic heterocycles. The molecule has 2 fully saturated rings. The Morgan fingerprint density at radius 3 is 1.49 bits per heavy atom. The van der Waals surface area contributed by atoms with Gasteiger partial charge in [0.15, 0.2) is 12.6 Å². The summed E-state index contributed by atoms with van der Waals surface area (Å²) in [5.74, 6) is -0.259. The van der Waals surface area contributed by atoms with Crippen LogP contribution in [0.3, 0.4) is 0 Å². The highest BCUT2D eigenvalue weighted by atomic mass is 16.7. The lowest BCUT2D eigenvalue weighted by Gasteiger charge is -2.46. The van der Waals surface area contributed by atoms with Crippen molar-refractivity contribution in [3.05, 3.63) is 85.1 Å². The van der Waals surface area contributed by atoms with Gasteiger partial charge in [0.2, 0.25) is 5.91 Å². The molecule has 2 rings (SSSR count). The molecular weight excluding hydrogens is 943 g/mol. The Hall–Kier alpha value is -2.83. The maximum atomic E-state index is 13.2. The third kappa shape index (κ3) is 30.8. The molecule has 0 saturated carbocycles. The highest BCUT2D eigenvalue weighted by molar-refractivity contribution is 5.76. The molecule has 14 nitrogen and oxygen atoms in total. The van der Waals surface area contributed by atoms with E-state index in [-0.39, 0.29) is 18.9 Å². The summed E-state index contributed by atoms with van der Waals surface area (Å²) < 4.78 is 22.7. The van der Waals surface area contributed by atoms with Crippen LogP contribution >= 0.6 is 0 Å². The van der Waals surface area contributed by atoms with Crippen molar-refractivity contribution >= 4 is 5.91 Å². The zero-order valence-electron chi connectivity index (χ0n) is 45.6. The third-order valence-corrected chi connectivity index (χ3v) is 13.6. The molecule has 9 N–H and O–H groups in total. The molecule has 14 heteroatoms. The Kier molecular flexibility index (Phi) is 41.1. The van der Waals surface area contributed by atoms with Crippen molar-refractivity contribution in [2.45, 2.75) is 267 Å². The van der Waals surface area contributed by atoms with Gasteiger partial charge in [-0.15, -0.1) is 0 Å². The maximum Gasteiger partial charge on any atom is 0.220 e. The number of nitrogens with one attached hydrogen (secondary N) is 1. The van der Waals surface area contributed by atoms with Crippen LogP contribution in [0.2, 0.25) is 0 Å². The standard InChI is InChI=1S/C60H103NO13/c1-3-5-7-9-11-13-14-15-16-17-18-19-20-21-22-23-24-25-26-27-28-29-30-31-32-33-34-36-38-40-42-44-52(65)61-48(49(64)43-41-39-37-35-12-10-8-6-4-2)47-71-59-57(70)55(68)58(51(46-63)73-59)74-60-56(69)54(67)53(66)50(45-62)72-60/h4-7,11-13,15-16,18-19,35,41,43,48-51,53-60,62-64,66-70H,3,8-10,14,17,20-34,36-40,42,44-47H2,1-2H3,(H,61,65)/b6-4+,7-5-,13-11-,16-15-,19-18-,35-12+,43-41+. The molecule has 0 aliphatic carbocycles. The van der Waals surface area contributed by atoms with Crippen LogP contribution in [0.1, 0.15) is 194 Å². The fourth-order valence-corrected chi connectivity index (χ4v) is 9.03. The fraction of sp³-hybridized carbons (Fsp3) is 0.750. The van der Waals surface area contributed by atoms with Gasteiger partial charge in [0.25, 0.3) is 0 Å². The molecular formula is C60H103NO13. The summed E-state index contributed by atoms with van der Waals surface area (Å²) in [7, 11) is 0. The van der Waals surface area contributed by atoms with Crippen molar-refractivity contribution in [1.29, 1.82) is 0 Å². The van der Waals surface area contributed by atoms with E-state index in [1.165, 1.54) is 96.3 Å². The Labute approximate surface area is 446 Å². The number of amides is 1. The van der Waals surface area contributed by atoms with Crippen molar-refractivity contribution in [1.82, 2.24) is 5.32 Å². The number of aliphatic hydroxyl groups is 8. The summed E-state index contributed by atoms with van der Waals surface area (Å²) in [4.78, 5) is 13.2. The van der Waals surface area contributed by atoms with Crippen molar-refractivity contribution in [3.63, 3.8) is 0 Å². The summed E-state index contributed by atoms with van der Waals surface area (Å²) in [5, 5.41) is 86.7. The third-order valence-electron chi connectivity index (χ3n) is 13.6. The quantitative estimate of drug-likeness (QED) is 0.0205. The molecule has 0 bridgehead atoms. The number of allylic oxidation sites excluding steroid dienone is 13. The largest absolute Gasteiger partial charge is 0.394 e. The fourth-order valence-electron chi connectivity index (χ4n) is 9.03. The number of hydrogen-bond donors (Lipinski definition) is 9. The number of carbonyl (C=O) groups excluding carboxylic acids is 1. The minimum Gasteiger partial charge on any atom is -0.394 e. The lowest BCUT2D eigenvalue weighted by Crippen LogP contribution is -2.65. The van der Waals surface area contributed by atoms with Crippen molar-refractivity contribution in [2.75, 3.05) is 19.8 Å². The van der Waals surface area contributed by atoms with E-state index >= 15 is 0 Å². The van der Waals surface area contributed by atoms with Crippen LogP contribution in [-0.2, 0) is 23.7 Å². The van der Waals surface area contributed by atoms with E-state index in [2.05, 4.69) is 79.1 Å². The Bertz CT molecular complexity index is 1560. The van der Waals surface area contributed by atoms with Crippen LogP contribution in [0.4, 0.5) is 0 Å². The average Bonchev–Trinajstić information content (AvgIpc) is 3.40. The van der Waals surface area contributed by atoms with Gasteiger partial charge in [-0.25, -0.2) is 0 Å². The number of ether oxygens (including phenoxy) is 4. The van der Waals surface area contributed by atoms with Gasteiger partial charge < -0.3 is 65.1 Å². The van der Waals surface area contributed by atoms with Gasteiger partial charge in [-0.3, -0.25) is 4.79 Å². The molecule has 2 heterocycles. The van der Waals surface area contributed by atoms with Crippen LogP contribution in [0.15, 0.2) is 85.1 Å². The molecule has 74 heavy (non-hydrogen) atoms. The van der Waals surface area contributed by atoms with Crippen LogP contribution in [0.25, 0.3) is 0 Å². The van der Waals surface area contributed by atoms with E-state index in [1.54, 1.807) is 6.08 Å². The topological polar surface area (TPSA) is 228 Å². The smallest absolute Gasteiger partial charge is 0.220 e. The zero-order valence-corrected chi connectivity index (χ0v) is 45.6. The van der Waals surface area contributed by atoms with Crippen LogP contribution in [0, 0.1) is 0 Å². The van der Waals surface area contributed by atoms with Gasteiger partial charge in [0.1, 0.15) is 48.8 Å². The summed E-state index contributed by atoms with van der Waals surface area (Å²) in [5.41, 5.74) is 0. The summed E-state index contributed by atoms with van der Waals surface area (Å²) in [6.45, 7) is 2.40. The summed E-state index contributed by atoms with van der Waals surface area (Å²) in [6.07, 6.45) is 44.0. The summed E-state index contributed by atoms with van der Waals surface area (Å²) >= 11 is 0. The number of carbonyl (C=O) groups is 1. The van der Waals surface area contributed by atoms with Gasteiger partial charge in [-0.1, -0.05) is 195 Å². The van der Waals surface area contributed by atoms with E-state index in [4.69, 9.17) is 18.9 Å². The van der Waals surface area contributed by atoms with Crippen LogP contribution in [-0.4, -0.2) is 140 Å². The van der Waals surface area contributed by atoms with E-state index in [9.17, 15) is 45.6 Å². The molecule has 12 atom stereocenters. The molecule has 2 aliphatic rings. The first kappa shape index (κ1) is 67.3. The second kappa shape index (κ2) is 45.2. The molecule has 2 aliphatic heterocycles. The molecule has 12 unspecified atom stereocenters. The minimum atomic E-state index is -1.79. The van der Waals surface area contributed by atoms with Crippen molar-refractivity contribution in [2.24, 2.45) is 0 Å². The average molecular weight is 1050 g/mol. The lowest BCUT2D eigenvalue weighted by molar-refractivity contribution is -0.359. The minimum absolute atomic E-state index is 0.259. The Balaban J connectivity index is 1.63. The molecule has 1 amide bonds. The zero-order chi connectivity index (χ0) is 53.9. The highest BCUT2D eigenvalue weighted by Crippen LogP contribution is 2.30. The Morgan fingerprint density at radius 1 is 0.514 bits per heavy atom. The van der Waals surface area contributed by atoms with E-state index in [0.717, 1.165) is 64.2 Å². The Morgan fingerprint density at radius 2 is 0.959 bits per heavy atom. The first-order chi connectivity index (χ1) is 36.1. The lowest BCUT2D eigenvalue weighted by atomic mass is 9.97. The van der Waals surface area contributed by atoms with Gasteiger partial charge in [0.05, 0.1) is 32.0 Å².